The Kier molecular flexibility index (Phi) is 19.4. The fourth-order valence-corrected chi connectivity index (χ4v) is 26.1. The number of aromatic nitrogens is 9. The van der Waals surface area contributed by atoms with Crippen LogP contribution in [-0.4, -0.2) is 43.6 Å². The van der Waals surface area contributed by atoms with Crippen molar-refractivity contribution in [3.05, 3.63) is 479 Å². The van der Waals surface area contributed by atoms with Crippen LogP contribution in [0.15, 0.2) is 479 Å². The van der Waals surface area contributed by atoms with Gasteiger partial charge in [-0.05, 0) is 165 Å². The molecule has 12 heteroatoms. The molecule has 0 aliphatic carbocycles. The summed E-state index contributed by atoms with van der Waals surface area (Å²) in [4.78, 5) is 30.7. The van der Waals surface area contributed by atoms with E-state index in [1.165, 1.54) is 169 Å². The number of thiophene rings is 3. The van der Waals surface area contributed by atoms with Crippen LogP contribution in [0.4, 0.5) is 0 Å². The molecule has 144 heavy (non-hydrogen) atoms. The Morgan fingerprint density at radius 2 is 0.375 bits per heavy atom. The summed E-state index contributed by atoms with van der Waals surface area (Å²) in [5, 5.41) is 25.5. The van der Waals surface area contributed by atoms with Crippen molar-refractivity contribution in [3.63, 3.8) is 0 Å². The highest BCUT2D eigenvalue weighted by molar-refractivity contribution is 7.28. The number of hydrogen-bond donors (Lipinski definition) is 0. The van der Waals surface area contributed by atoms with E-state index in [-0.39, 0.29) is 0 Å². The number of nitrogens with zero attached hydrogens (tertiary/aromatic N) is 9. The van der Waals surface area contributed by atoms with Gasteiger partial charge in [-0.2, -0.15) is 0 Å². The summed E-state index contributed by atoms with van der Waals surface area (Å²) in [6.45, 7) is 0. The summed E-state index contributed by atoms with van der Waals surface area (Å²) < 4.78 is 15.3. The first-order valence-electron chi connectivity index (χ1n) is 48.6. The molecular formula is C132H79N9S3. The van der Waals surface area contributed by atoms with E-state index < -0.39 is 0 Å². The highest BCUT2D eigenvalue weighted by Gasteiger charge is 2.28. The molecule has 0 aliphatic heterocycles. The third-order valence-electron chi connectivity index (χ3n) is 28.8. The van der Waals surface area contributed by atoms with Crippen LogP contribution >= 0.6 is 34.0 Å². The van der Waals surface area contributed by atoms with Crippen molar-refractivity contribution in [1.82, 2.24) is 43.6 Å². The second-order valence-corrected chi connectivity index (χ2v) is 40.0. The maximum Gasteiger partial charge on any atom is 0.160 e. The Morgan fingerprint density at radius 3 is 0.722 bits per heavy atom. The molecule has 0 N–H and O–H groups in total. The standard InChI is InChI=1S/C48H29N3S.2C42H25N3S/c1-2-12-30(13-3-1)31-22-24-32(25-23-31)45-37-16-6-9-19-40(37)49-48(50-45)33-26-28-34(29-27-33)51-41-20-10-7-17-38(41)43-35-14-4-5-15-36(35)44-39-18-8-11-21-42(39)52-47(44)46(43)51;1-2-12-26(13-3-1)39-40(44-34-19-9-8-18-33(34)43-39)27-22-24-28(25-23-27)45-35-20-10-6-16-31(35)37-29-14-4-5-15-30(29)38-32-17-7-11-21-36(32)46-42(38)41(37)45;1-2-12-26(13-3-1)39-31-16-6-9-19-34(31)43-42(44-39)27-22-24-28(25-23-27)45-35-20-10-7-17-32(35)37-29-14-4-5-15-30(29)38-33-18-8-11-21-36(33)46-41(38)40(37)45/h1-29H;2*1-25H. The Balaban J connectivity index is 0.000000103. The van der Waals surface area contributed by atoms with Crippen LogP contribution in [0.3, 0.4) is 0 Å². The van der Waals surface area contributed by atoms with Crippen molar-refractivity contribution < 1.29 is 0 Å². The van der Waals surface area contributed by atoms with Gasteiger partial charge in [0.05, 0.1) is 92.0 Å². The molecule has 31 rings (SSSR count). The average molecular weight is 1890 g/mol. The van der Waals surface area contributed by atoms with Gasteiger partial charge >= 0.3 is 0 Å². The third-order valence-corrected chi connectivity index (χ3v) is 32.3. The molecule has 0 saturated carbocycles. The van der Waals surface area contributed by atoms with E-state index in [1.54, 1.807) is 0 Å². The largest absolute Gasteiger partial charge is 0.308 e. The summed E-state index contributed by atoms with van der Waals surface area (Å²) >= 11 is 5.67. The molecule has 670 valence electrons. The molecule has 0 fully saturated rings. The van der Waals surface area contributed by atoms with Crippen LogP contribution in [0.1, 0.15) is 0 Å². The maximum atomic E-state index is 5.22. The zero-order valence-corrected chi connectivity index (χ0v) is 79.8. The SMILES string of the molecule is c1ccc(-c2ccc(-c3nc(-c4ccc(-n5c6ccccc6c6c7ccccc7c7c8ccccc8sc7c65)cc4)nc4ccccc34)cc2)cc1.c1ccc(-c2nc(-c3ccc(-n4c5ccccc5c5c6ccccc6c6c7ccccc7sc6c54)cc3)nc3ccccc23)cc1.c1ccc(-c2nc3ccccc3nc2-c2ccc(-n3c4ccccc4c4c5ccccc5c5c6ccccc6sc5c43)cc2)cc1. The zero-order chi connectivity index (χ0) is 94.6. The van der Waals surface area contributed by atoms with Crippen molar-refractivity contribution in [3.8, 4) is 96.0 Å². The number of rotatable bonds is 10. The summed E-state index contributed by atoms with van der Waals surface area (Å²) in [5.74, 6) is 1.44. The minimum Gasteiger partial charge on any atom is -0.308 e. The lowest BCUT2D eigenvalue weighted by Crippen LogP contribution is -1.97. The van der Waals surface area contributed by atoms with E-state index in [0.29, 0.717) is 5.82 Å². The fraction of sp³-hybridized carbons (Fsp3) is 0. The van der Waals surface area contributed by atoms with Gasteiger partial charge in [-0.25, -0.2) is 29.9 Å². The predicted octanol–water partition coefficient (Wildman–Crippen LogP) is 36.4. The third kappa shape index (κ3) is 13.3. The number of hydrogen-bond acceptors (Lipinski definition) is 9. The molecule has 9 nitrogen and oxygen atoms in total. The van der Waals surface area contributed by atoms with Crippen molar-refractivity contribution in [2.45, 2.75) is 0 Å². The summed E-state index contributed by atoms with van der Waals surface area (Å²) in [6, 6.07) is 171. The molecular weight excluding hydrogens is 1810 g/mol. The molecule has 0 aliphatic rings. The van der Waals surface area contributed by atoms with Crippen LogP contribution in [0.5, 0.6) is 0 Å². The molecule has 0 amide bonds. The van der Waals surface area contributed by atoms with E-state index >= 15 is 0 Å². The topological polar surface area (TPSA) is 92.1 Å². The quantitative estimate of drug-likeness (QED) is 0.135. The number of benzene rings is 22. The van der Waals surface area contributed by atoms with Crippen molar-refractivity contribution in [2.75, 3.05) is 0 Å². The highest BCUT2D eigenvalue weighted by atomic mass is 32.1. The molecule has 22 aromatic carbocycles. The molecule has 0 saturated heterocycles. The van der Waals surface area contributed by atoms with Gasteiger partial charge < -0.3 is 13.7 Å². The van der Waals surface area contributed by atoms with Crippen LogP contribution in [0.25, 0.3) is 287 Å². The van der Waals surface area contributed by atoms with Gasteiger partial charge in [-0.3, -0.25) is 0 Å². The molecule has 0 atom stereocenters. The molecule has 0 radical (unpaired) electrons. The first-order valence-corrected chi connectivity index (χ1v) is 51.1. The van der Waals surface area contributed by atoms with Gasteiger partial charge in [-0.15, -0.1) is 34.0 Å². The second kappa shape index (κ2) is 33.8. The van der Waals surface area contributed by atoms with Crippen LogP contribution in [-0.2, 0) is 0 Å². The lowest BCUT2D eigenvalue weighted by molar-refractivity contribution is 1.18. The highest BCUT2D eigenvalue weighted by Crippen LogP contribution is 2.53. The van der Waals surface area contributed by atoms with Crippen LogP contribution < -0.4 is 0 Å². The number of para-hydroxylation sites is 7. The predicted molar refractivity (Wildman–Crippen MR) is 611 cm³/mol. The first-order chi connectivity index (χ1) is 71.5. The molecule has 9 aromatic heterocycles. The van der Waals surface area contributed by atoms with Gasteiger partial charge in [-0.1, -0.05) is 358 Å². The van der Waals surface area contributed by atoms with E-state index in [2.05, 4.69) is 438 Å². The molecule has 0 bridgehead atoms. The minimum atomic E-state index is 0.715. The van der Waals surface area contributed by atoms with Gasteiger partial charge in [0.2, 0.25) is 0 Å². The van der Waals surface area contributed by atoms with E-state index in [4.69, 9.17) is 29.9 Å². The maximum absolute atomic E-state index is 5.22. The van der Waals surface area contributed by atoms with Gasteiger partial charge in [0.15, 0.2) is 11.6 Å². The zero-order valence-electron chi connectivity index (χ0n) is 77.4. The van der Waals surface area contributed by atoms with Crippen molar-refractivity contribution >= 4 is 225 Å². The first kappa shape index (κ1) is 82.7. The average Bonchev–Trinajstić information content (AvgIpc) is 1.54. The fourth-order valence-electron chi connectivity index (χ4n) is 22.4. The van der Waals surface area contributed by atoms with Gasteiger partial charge in [0.1, 0.15) is 0 Å². The Labute approximate surface area is 837 Å². The summed E-state index contributed by atoms with van der Waals surface area (Å²) in [5.41, 5.74) is 26.7. The van der Waals surface area contributed by atoms with Crippen molar-refractivity contribution in [2.24, 2.45) is 0 Å². The lowest BCUT2D eigenvalue weighted by Gasteiger charge is -2.13. The Hall–Kier alpha value is -18.3. The molecule has 31 aromatic rings. The summed E-state index contributed by atoms with van der Waals surface area (Å²) in [7, 11) is 0. The van der Waals surface area contributed by atoms with Gasteiger partial charge in [0.25, 0.3) is 0 Å². The van der Waals surface area contributed by atoms with Crippen LogP contribution in [0, 0.1) is 0 Å². The monoisotopic (exact) mass is 1890 g/mol. The van der Waals surface area contributed by atoms with E-state index in [9.17, 15) is 0 Å². The lowest BCUT2D eigenvalue weighted by atomic mass is 9.99. The minimum absolute atomic E-state index is 0.715. The smallest absolute Gasteiger partial charge is 0.160 e. The molecule has 9 heterocycles. The Bertz CT molecular complexity index is 10700. The number of fused-ring (bicyclic) bond motifs is 33. The van der Waals surface area contributed by atoms with Crippen LogP contribution in [0.2, 0.25) is 0 Å². The second-order valence-electron chi connectivity index (χ2n) is 36.8. The summed E-state index contributed by atoms with van der Waals surface area (Å²) in [6.07, 6.45) is 0. The Morgan fingerprint density at radius 1 is 0.146 bits per heavy atom. The normalized spacial score (nSPS) is 11.9. The molecule has 0 spiro atoms. The van der Waals surface area contributed by atoms with E-state index in [0.717, 1.165) is 112 Å². The van der Waals surface area contributed by atoms with Crippen molar-refractivity contribution in [1.29, 1.82) is 0 Å². The van der Waals surface area contributed by atoms with Gasteiger partial charge in [0, 0.05) is 140 Å². The molecule has 0 unspecified atom stereocenters. The van der Waals surface area contributed by atoms with E-state index in [1.807, 2.05) is 88.6 Å².